The second kappa shape index (κ2) is 6.15. The summed E-state index contributed by atoms with van der Waals surface area (Å²) in [6.45, 7) is 4.03. The Morgan fingerprint density at radius 3 is 2.64 bits per heavy atom. The molecule has 0 fully saturated rings. The number of hydrogen-bond acceptors (Lipinski definition) is 2. The van der Waals surface area contributed by atoms with Gasteiger partial charge in [-0.2, -0.15) is 5.10 Å². The molecule has 0 aliphatic carbocycles. The predicted molar refractivity (Wildman–Crippen MR) is 102 cm³/mol. The number of rotatable bonds is 2. The van der Waals surface area contributed by atoms with Gasteiger partial charge in [0.15, 0.2) is 0 Å². The number of anilines is 1. The molecule has 2 aromatic carbocycles. The summed E-state index contributed by atoms with van der Waals surface area (Å²) >= 11 is 3.44. The van der Waals surface area contributed by atoms with E-state index in [4.69, 9.17) is 0 Å². The van der Waals surface area contributed by atoms with Gasteiger partial charge >= 0.3 is 0 Å². The van der Waals surface area contributed by atoms with Crippen molar-refractivity contribution in [2.75, 3.05) is 4.90 Å². The molecule has 0 saturated carbocycles. The Hall–Kier alpha value is -2.40. The van der Waals surface area contributed by atoms with Crippen LogP contribution in [0, 0.1) is 6.92 Å². The van der Waals surface area contributed by atoms with Crippen molar-refractivity contribution < 1.29 is 4.79 Å². The second-order valence-electron chi connectivity index (χ2n) is 6.39. The summed E-state index contributed by atoms with van der Waals surface area (Å²) in [6.07, 6.45) is 2.56. The van der Waals surface area contributed by atoms with Gasteiger partial charge in [-0.3, -0.25) is 4.79 Å². The Labute approximate surface area is 155 Å². The lowest BCUT2D eigenvalue weighted by atomic mass is 10.1. The van der Waals surface area contributed by atoms with E-state index in [1.807, 2.05) is 59.0 Å². The molecule has 1 amide bonds. The van der Waals surface area contributed by atoms with Crippen molar-refractivity contribution in [3.63, 3.8) is 0 Å². The van der Waals surface area contributed by atoms with Gasteiger partial charge in [-0.05, 0) is 56.2 Å². The standard InChI is InChI=1S/C20H18BrN3O/c1-13-11-15-5-3-4-6-19(15)23(13)20(25)18-12-22-24(14(18)2)17-9-7-16(21)8-10-17/h3-10,12-13H,11H2,1-2H3. The fourth-order valence-corrected chi connectivity index (χ4v) is 3.73. The molecule has 3 aromatic rings. The third-order valence-electron chi connectivity index (χ3n) is 4.74. The summed E-state index contributed by atoms with van der Waals surface area (Å²) in [4.78, 5) is 15.1. The number of benzene rings is 2. The summed E-state index contributed by atoms with van der Waals surface area (Å²) in [7, 11) is 0. The molecule has 1 unspecified atom stereocenters. The van der Waals surface area contributed by atoms with E-state index in [-0.39, 0.29) is 11.9 Å². The molecule has 0 radical (unpaired) electrons. The molecular formula is C20H18BrN3O. The molecule has 4 nitrogen and oxygen atoms in total. The van der Waals surface area contributed by atoms with E-state index in [1.165, 1.54) is 5.56 Å². The number of hydrogen-bond donors (Lipinski definition) is 0. The fraction of sp³-hybridized carbons (Fsp3) is 0.200. The number of para-hydroxylation sites is 1. The summed E-state index contributed by atoms with van der Waals surface area (Å²) in [5.41, 5.74) is 4.67. The Kier molecular flexibility index (Phi) is 3.96. The predicted octanol–water partition coefficient (Wildman–Crippen LogP) is 4.53. The lowest BCUT2D eigenvalue weighted by Crippen LogP contribution is -2.36. The first kappa shape index (κ1) is 16.1. The maximum absolute atomic E-state index is 13.2. The van der Waals surface area contributed by atoms with E-state index < -0.39 is 0 Å². The number of amides is 1. The molecule has 0 bridgehead atoms. The maximum Gasteiger partial charge on any atom is 0.262 e. The van der Waals surface area contributed by atoms with Crippen LogP contribution in [0.25, 0.3) is 5.69 Å². The molecule has 5 heteroatoms. The molecule has 0 N–H and O–H groups in total. The minimum Gasteiger partial charge on any atom is -0.305 e. The van der Waals surface area contributed by atoms with E-state index in [0.717, 1.165) is 28.0 Å². The second-order valence-corrected chi connectivity index (χ2v) is 7.30. The number of carbonyl (C=O) groups excluding carboxylic acids is 1. The van der Waals surface area contributed by atoms with Crippen LogP contribution in [-0.2, 0) is 6.42 Å². The third-order valence-corrected chi connectivity index (χ3v) is 5.27. The quantitative estimate of drug-likeness (QED) is 0.638. The zero-order valence-electron chi connectivity index (χ0n) is 14.1. The lowest BCUT2D eigenvalue weighted by molar-refractivity contribution is 0.0981. The van der Waals surface area contributed by atoms with E-state index in [2.05, 4.69) is 34.0 Å². The molecule has 1 aliphatic heterocycles. The van der Waals surface area contributed by atoms with Crippen LogP contribution in [0.3, 0.4) is 0 Å². The Morgan fingerprint density at radius 1 is 1.16 bits per heavy atom. The molecule has 2 heterocycles. The van der Waals surface area contributed by atoms with E-state index >= 15 is 0 Å². The molecule has 1 aromatic heterocycles. The van der Waals surface area contributed by atoms with Crippen LogP contribution in [0.5, 0.6) is 0 Å². The normalized spacial score (nSPS) is 16.1. The highest BCUT2D eigenvalue weighted by Crippen LogP contribution is 2.33. The average molecular weight is 396 g/mol. The summed E-state index contributed by atoms with van der Waals surface area (Å²) in [5.74, 6) is 0.0123. The molecular weight excluding hydrogens is 378 g/mol. The highest BCUT2D eigenvalue weighted by atomic mass is 79.9. The van der Waals surface area contributed by atoms with Gasteiger partial charge in [0.1, 0.15) is 0 Å². The zero-order valence-corrected chi connectivity index (χ0v) is 15.7. The first-order valence-electron chi connectivity index (χ1n) is 8.28. The van der Waals surface area contributed by atoms with Crippen molar-refractivity contribution in [1.29, 1.82) is 0 Å². The maximum atomic E-state index is 13.2. The first-order chi connectivity index (χ1) is 12.1. The van der Waals surface area contributed by atoms with E-state index in [0.29, 0.717) is 5.56 Å². The number of carbonyl (C=O) groups is 1. The summed E-state index contributed by atoms with van der Waals surface area (Å²) in [5, 5.41) is 4.44. The van der Waals surface area contributed by atoms with Crippen molar-refractivity contribution in [2.45, 2.75) is 26.3 Å². The number of aromatic nitrogens is 2. The number of fused-ring (bicyclic) bond motifs is 1. The van der Waals surface area contributed by atoms with E-state index in [1.54, 1.807) is 6.20 Å². The van der Waals surface area contributed by atoms with Gasteiger partial charge in [0.25, 0.3) is 5.91 Å². The molecule has 126 valence electrons. The zero-order chi connectivity index (χ0) is 17.6. The van der Waals surface area contributed by atoms with Crippen molar-refractivity contribution >= 4 is 27.5 Å². The number of halogens is 1. The molecule has 0 spiro atoms. The summed E-state index contributed by atoms with van der Waals surface area (Å²) < 4.78 is 2.83. The van der Waals surface area contributed by atoms with Crippen molar-refractivity contribution in [3.8, 4) is 5.69 Å². The minimum atomic E-state index is 0.0123. The Bertz CT molecular complexity index is 946. The molecule has 1 atom stereocenters. The van der Waals surface area contributed by atoms with E-state index in [9.17, 15) is 4.79 Å². The lowest BCUT2D eigenvalue weighted by Gasteiger charge is -2.22. The molecule has 0 saturated heterocycles. The fourth-order valence-electron chi connectivity index (χ4n) is 3.47. The Morgan fingerprint density at radius 2 is 1.88 bits per heavy atom. The molecule has 1 aliphatic rings. The Balaban J connectivity index is 1.71. The van der Waals surface area contributed by atoms with Gasteiger partial charge < -0.3 is 4.90 Å². The third kappa shape index (κ3) is 2.68. The van der Waals surface area contributed by atoms with Gasteiger partial charge in [-0.25, -0.2) is 4.68 Å². The highest BCUT2D eigenvalue weighted by molar-refractivity contribution is 9.10. The van der Waals surface area contributed by atoms with Gasteiger partial charge in [-0.15, -0.1) is 0 Å². The van der Waals surface area contributed by atoms with Gasteiger partial charge in [0, 0.05) is 16.2 Å². The van der Waals surface area contributed by atoms with Crippen LogP contribution < -0.4 is 4.90 Å². The minimum absolute atomic E-state index is 0.0123. The largest absolute Gasteiger partial charge is 0.305 e. The van der Waals surface area contributed by atoms with Crippen LogP contribution >= 0.6 is 15.9 Å². The van der Waals surface area contributed by atoms with Crippen LogP contribution in [-0.4, -0.2) is 21.7 Å². The monoisotopic (exact) mass is 395 g/mol. The smallest absolute Gasteiger partial charge is 0.262 e. The molecule has 25 heavy (non-hydrogen) atoms. The van der Waals surface area contributed by atoms with Crippen molar-refractivity contribution in [2.24, 2.45) is 0 Å². The topological polar surface area (TPSA) is 38.1 Å². The van der Waals surface area contributed by atoms with Crippen LogP contribution in [0.15, 0.2) is 59.2 Å². The van der Waals surface area contributed by atoms with Gasteiger partial charge in [0.05, 0.1) is 23.1 Å². The van der Waals surface area contributed by atoms with Crippen LogP contribution in [0.1, 0.15) is 28.5 Å². The van der Waals surface area contributed by atoms with Crippen LogP contribution in [0.2, 0.25) is 0 Å². The van der Waals surface area contributed by atoms with Gasteiger partial charge in [0.2, 0.25) is 0 Å². The van der Waals surface area contributed by atoms with Crippen molar-refractivity contribution in [3.05, 3.63) is 76.0 Å². The summed E-state index contributed by atoms with van der Waals surface area (Å²) in [6, 6.07) is 16.2. The number of nitrogens with zero attached hydrogens (tertiary/aromatic N) is 3. The first-order valence-corrected chi connectivity index (χ1v) is 9.07. The van der Waals surface area contributed by atoms with Crippen molar-refractivity contribution in [1.82, 2.24) is 9.78 Å². The SMILES string of the molecule is Cc1c(C(=O)N2c3ccccc3CC2C)cnn1-c1ccc(Br)cc1. The average Bonchev–Trinajstić information content (AvgIpc) is 3.14. The highest BCUT2D eigenvalue weighted by Gasteiger charge is 2.32. The van der Waals surface area contributed by atoms with Crippen LogP contribution in [0.4, 0.5) is 5.69 Å². The molecule has 4 rings (SSSR count). The van der Waals surface area contributed by atoms with Gasteiger partial charge in [-0.1, -0.05) is 34.1 Å².